The lowest BCUT2D eigenvalue weighted by atomic mass is 10.1. The van der Waals surface area contributed by atoms with E-state index in [9.17, 15) is 8.42 Å². The molecular formula is C10H15BrN2O2S2. The van der Waals surface area contributed by atoms with Crippen molar-refractivity contribution in [1.29, 1.82) is 0 Å². The van der Waals surface area contributed by atoms with Crippen LogP contribution < -0.4 is 5.73 Å². The van der Waals surface area contributed by atoms with Crippen LogP contribution in [0.25, 0.3) is 0 Å². The minimum atomic E-state index is -3.36. The van der Waals surface area contributed by atoms with E-state index < -0.39 is 10.0 Å². The molecule has 0 radical (unpaired) electrons. The molecule has 2 heterocycles. The van der Waals surface area contributed by atoms with Crippen LogP contribution in [0.4, 0.5) is 0 Å². The quantitative estimate of drug-likeness (QED) is 0.916. The van der Waals surface area contributed by atoms with Gasteiger partial charge in [0.15, 0.2) is 0 Å². The summed E-state index contributed by atoms with van der Waals surface area (Å²) in [7, 11) is -3.36. The van der Waals surface area contributed by atoms with Gasteiger partial charge in [0.1, 0.15) is 4.21 Å². The zero-order chi connectivity index (χ0) is 12.5. The molecule has 0 aliphatic carbocycles. The molecule has 1 aromatic rings. The molecule has 1 fully saturated rings. The van der Waals surface area contributed by atoms with Crippen molar-refractivity contribution >= 4 is 37.3 Å². The smallest absolute Gasteiger partial charge is 0.252 e. The third-order valence-corrected chi connectivity index (χ3v) is 7.00. The molecule has 0 spiro atoms. The molecule has 96 valence electrons. The van der Waals surface area contributed by atoms with Gasteiger partial charge in [-0.25, -0.2) is 8.42 Å². The van der Waals surface area contributed by atoms with E-state index in [4.69, 9.17) is 5.73 Å². The Hall–Kier alpha value is 0.0500. The third-order valence-electron chi connectivity index (χ3n) is 2.96. The van der Waals surface area contributed by atoms with Gasteiger partial charge in [0.2, 0.25) is 0 Å². The summed E-state index contributed by atoms with van der Waals surface area (Å²) < 4.78 is 27.6. The molecule has 0 saturated carbocycles. The van der Waals surface area contributed by atoms with Crippen molar-refractivity contribution < 1.29 is 8.42 Å². The second kappa shape index (κ2) is 5.36. The molecular weight excluding hydrogens is 324 g/mol. The second-order valence-electron chi connectivity index (χ2n) is 4.06. The number of hydrogen-bond donors (Lipinski definition) is 1. The second-order valence-corrected chi connectivity index (χ2v) is 8.64. The first-order valence-corrected chi connectivity index (χ1v) is 8.58. The maximum absolute atomic E-state index is 12.4. The summed E-state index contributed by atoms with van der Waals surface area (Å²) in [5.41, 5.74) is 5.66. The fourth-order valence-corrected chi connectivity index (χ4v) is 5.92. The molecule has 1 aliphatic rings. The molecule has 7 heteroatoms. The number of sulfonamides is 1. The minimum Gasteiger partial charge on any atom is -0.329 e. The Morgan fingerprint density at radius 2 is 2.24 bits per heavy atom. The van der Waals surface area contributed by atoms with Crippen molar-refractivity contribution in [1.82, 2.24) is 4.31 Å². The lowest BCUT2D eigenvalue weighted by Gasteiger charge is -2.33. The van der Waals surface area contributed by atoms with E-state index in [0.29, 0.717) is 17.3 Å². The molecule has 1 atom stereocenters. The van der Waals surface area contributed by atoms with E-state index in [0.717, 1.165) is 23.0 Å². The SMILES string of the molecule is NCC1CCCCN1S(=O)(=O)c1ccc(Br)s1. The van der Waals surface area contributed by atoms with Crippen LogP contribution >= 0.6 is 27.3 Å². The molecule has 1 aliphatic heterocycles. The third kappa shape index (κ3) is 2.73. The summed E-state index contributed by atoms with van der Waals surface area (Å²) in [6.07, 6.45) is 2.84. The molecule has 1 unspecified atom stereocenters. The maximum atomic E-state index is 12.4. The zero-order valence-electron chi connectivity index (χ0n) is 9.30. The largest absolute Gasteiger partial charge is 0.329 e. The minimum absolute atomic E-state index is 0.0466. The summed E-state index contributed by atoms with van der Waals surface area (Å²) >= 11 is 4.54. The van der Waals surface area contributed by atoms with Crippen molar-refractivity contribution in [3.8, 4) is 0 Å². The van der Waals surface area contributed by atoms with Gasteiger partial charge in [0.25, 0.3) is 10.0 Å². The van der Waals surface area contributed by atoms with Gasteiger partial charge in [-0.15, -0.1) is 11.3 Å². The van der Waals surface area contributed by atoms with Crippen LogP contribution in [0.2, 0.25) is 0 Å². The van der Waals surface area contributed by atoms with E-state index in [2.05, 4.69) is 15.9 Å². The van der Waals surface area contributed by atoms with Crippen LogP contribution in [0.1, 0.15) is 19.3 Å². The molecule has 2 N–H and O–H groups in total. The van der Waals surface area contributed by atoms with Crippen molar-refractivity contribution in [2.75, 3.05) is 13.1 Å². The number of nitrogens with zero attached hydrogens (tertiary/aromatic N) is 1. The highest BCUT2D eigenvalue weighted by Gasteiger charge is 2.33. The molecule has 1 saturated heterocycles. The first-order valence-electron chi connectivity index (χ1n) is 5.53. The predicted molar refractivity (Wildman–Crippen MR) is 72.6 cm³/mol. The van der Waals surface area contributed by atoms with Crippen LogP contribution in [0.15, 0.2) is 20.1 Å². The average Bonchev–Trinajstić information content (AvgIpc) is 2.76. The van der Waals surface area contributed by atoms with Crippen LogP contribution in [0, 0.1) is 0 Å². The van der Waals surface area contributed by atoms with E-state index in [1.807, 2.05) is 0 Å². The lowest BCUT2D eigenvalue weighted by Crippen LogP contribution is -2.47. The highest BCUT2D eigenvalue weighted by atomic mass is 79.9. The number of hydrogen-bond acceptors (Lipinski definition) is 4. The number of nitrogens with two attached hydrogens (primary N) is 1. The Labute approximate surface area is 114 Å². The summed E-state index contributed by atoms with van der Waals surface area (Å²) in [6.45, 7) is 0.978. The van der Waals surface area contributed by atoms with E-state index >= 15 is 0 Å². The van der Waals surface area contributed by atoms with Gasteiger partial charge in [-0.1, -0.05) is 6.42 Å². The Kier molecular flexibility index (Phi) is 4.25. The van der Waals surface area contributed by atoms with E-state index in [1.54, 1.807) is 16.4 Å². The number of piperidine rings is 1. The Morgan fingerprint density at radius 3 is 2.82 bits per heavy atom. The Bertz CT molecular complexity index is 486. The van der Waals surface area contributed by atoms with Crippen LogP contribution in [-0.4, -0.2) is 31.9 Å². The van der Waals surface area contributed by atoms with E-state index in [1.165, 1.54) is 11.3 Å². The lowest BCUT2D eigenvalue weighted by molar-refractivity contribution is 0.258. The summed E-state index contributed by atoms with van der Waals surface area (Å²) in [5.74, 6) is 0. The summed E-state index contributed by atoms with van der Waals surface area (Å²) in [5, 5.41) is 0. The number of thiophene rings is 1. The monoisotopic (exact) mass is 338 g/mol. The fraction of sp³-hybridized carbons (Fsp3) is 0.600. The Morgan fingerprint density at radius 1 is 1.47 bits per heavy atom. The average molecular weight is 339 g/mol. The Balaban J connectivity index is 2.30. The summed E-state index contributed by atoms with van der Waals surface area (Å²) in [6, 6.07) is 3.36. The van der Waals surface area contributed by atoms with Gasteiger partial charge in [-0.05, 0) is 40.9 Å². The van der Waals surface area contributed by atoms with Crippen molar-refractivity contribution in [2.45, 2.75) is 29.5 Å². The maximum Gasteiger partial charge on any atom is 0.252 e. The van der Waals surface area contributed by atoms with Crippen molar-refractivity contribution in [3.63, 3.8) is 0 Å². The van der Waals surface area contributed by atoms with Gasteiger partial charge in [-0.3, -0.25) is 0 Å². The first-order chi connectivity index (χ1) is 8.05. The molecule has 2 rings (SSSR count). The number of rotatable bonds is 3. The zero-order valence-corrected chi connectivity index (χ0v) is 12.5. The summed E-state index contributed by atoms with van der Waals surface area (Å²) in [4.78, 5) is 0. The molecule has 1 aromatic heterocycles. The number of halogens is 1. The first kappa shape index (κ1) is 13.5. The predicted octanol–water partition coefficient (Wildman–Crippen LogP) is 2.01. The normalized spacial score (nSPS) is 22.8. The van der Waals surface area contributed by atoms with Crippen molar-refractivity contribution in [3.05, 3.63) is 15.9 Å². The van der Waals surface area contributed by atoms with Crippen molar-refractivity contribution in [2.24, 2.45) is 5.73 Å². The van der Waals surface area contributed by atoms with E-state index in [-0.39, 0.29) is 6.04 Å². The molecule has 4 nitrogen and oxygen atoms in total. The van der Waals surface area contributed by atoms with Crippen LogP contribution in [0.5, 0.6) is 0 Å². The topological polar surface area (TPSA) is 63.4 Å². The highest BCUT2D eigenvalue weighted by molar-refractivity contribution is 9.11. The highest BCUT2D eigenvalue weighted by Crippen LogP contribution is 2.31. The molecule has 0 amide bonds. The van der Waals surface area contributed by atoms with Gasteiger partial charge >= 0.3 is 0 Å². The van der Waals surface area contributed by atoms with Crippen LogP contribution in [-0.2, 0) is 10.0 Å². The van der Waals surface area contributed by atoms with Gasteiger partial charge in [-0.2, -0.15) is 4.31 Å². The van der Waals surface area contributed by atoms with Crippen LogP contribution in [0.3, 0.4) is 0 Å². The molecule has 17 heavy (non-hydrogen) atoms. The standard InChI is InChI=1S/C10H15BrN2O2S2/c11-9-4-5-10(16-9)17(14,15)13-6-2-1-3-8(13)7-12/h4-5,8H,1-3,6-7,12H2. The molecule has 0 aromatic carbocycles. The molecule has 0 bridgehead atoms. The van der Waals surface area contributed by atoms with Gasteiger partial charge in [0.05, 0.1) is 3.79 Å². The van der Waals surface area contributed by atoms with Gasteiger partial charge in [0, 0.05) is 19.1 Å². The van der Waals surface area contributed by atoms with Gasteiger partial charge < -0.3 is 5.73 Å². The fourth-order valence-electron chi connectivity index (χ4n) is 2.08.